The van der Waals surface area contributed by atoms with Gasteiger partial charge in [-0.3, -0.25) is 19.5 Å². The first-order valence-electron chi connectivity index (χ1n) is 8.30. The highest BCUT2D eigenvalue weighted by Crippen LogP contribution is 2.28. The second kappa shape index (κ2) is 7.53. The minimum Gasteiger partial charge on any atom is -0.388 e. The number of halogens is 1. The van der Waals surface area contributed by atoms with Gasteiger partial charge in [0.15, 0.2) is 24.9 Å². The van der Waals surface area contributed by atoms with Gasteiger partial charge in [0, 0.05) is 13.0 Å². The van der Waals surface area contributed by atoms with Crippen molar-refractivity contribution in [1.82, 2.24) is 19.1 Å². The molecule has 4 rings (SSSR count). The van der Waals surface area contributed by atoms with Crippen LogP contribution in [-0.4, -0.2) is 60.1 Å². The molecule has 27 heavy (non-hydrogen) atoms. The molecule has 2 aliphatic rings. The van der Waals surface area contributed by atoms with Crippen LogP contribution < -0.4 is 10.9 Å². The highest BCUT2D eigenvalue weighted by Gasteiger charge is 2.33. The highest BCUT2D eigenvalue weighted by atomic mass is 79.9. The van der Waals surface area contributed by atoms with Crippen LogP contribution in [0.4, 0.5) is 5.95 Å². The van der Waals surface area contributed by atoms with Crippen LogP contribution in [0.25, 0.3) is 11.2 Å². The lowest BCUT2D eigenvalue weighted by molar-refractivity contribution is -0.116. The number of aliphatic hydroxyl groups is 2. The van der Waals surface area contributed by atoms with Gasteiger partial charge in [-0.05, 0) is 22.4 Å². The van der Waals surface area contributed by atoms with Crippen molar-refractivity contribution < 1.29 is 24.1 Å². The van der Waals surface area contributed by atoms with E-state index in [1.165, 1.54) is 9.13 Å². The number of aromatic nitrogens is 4. The van der Waals surface area contributed by atoms with E-state index in [0.29, 0.717) is 24.1 Å². The Morgan fingerprint density at radius 1 is 1.41 bits per heavy atom. The van der Waals surface area contributed by atoms with Gasteiger partial charge in [0.1, 0.15) is 18.3 Å². The van der Waals surface area contributed by atoms with Crippen LogP contribution in [0.3, 0.4) is 0 Å². The summed E-state index contributed by atoms with van der Waals surface area (Å²) in [5.41, 5.74) is -0.0114. The number of amides is 1. The van der Waals surface area contributed by atoms with E-state index >= 15 is 0 Å². The minimum atomic E-state index is -1.08. The Morgan fingerprint density at radius 3 is 3.00 bits per heavy atom. The number of aliphatic hydroxyl groups excluding tert-OH is 2. The molecular weight excluding hydrogens is 445 g/mol. The summed E-state index contributed by atoms with van der Waals surface area (Å²) in [5.74, 6) is -0.0562. The third kappa shape index (κ3) is 3.53. The zero-order valence-electron chi connectivity index (χ0n) is 14.0. The summed E-state index contributed by atoms with van der Waals surface area (Å²) in [6, 6.07) is 0. The quantitative estimate of drug-likeness (QED) is 0.419. The van der Waals surface area contributed by atoms with Gasteiger partial charge in [0.05, 0.1) is 13.2 Å². The largest absolute Gasteiger partial charge is 0.388 e. The van der Waals surface area contributed by atoms with E-state index in [4.69, 9.17) is 9.05 Å². The number of anilines is 1. The fraction of sp³-hybridized carbons (Fsp3) is 0.571. The first-order chi connectivity index (χ1) is 13.0. The zero-order chi connectivity index (χ0) is 19.1. The SMILES string of the molecule is O=C1CCCn2c(nc3c(nc(Br)n3C[C@@H](O)C3OPOCC3O)c2=O)N1. The van der Waals surface area contributed by atoms with E-state index in [1.54, 1.807) is 0 Å². The minimum absolute atomic E-state index is 0.0207. The van der Waals surface area contributed by atoms with Crippen LogP contribution >= 0.6 is 25.0 Å². The molecule has 1 saturated heterocycles. The van der Waals surface area contributed by atoms with Gasteiger partial charge in [-0.2, -0.15) is 4.98 Å². The molecule has 0 radical (unpaired) electrons. The number of carbonyl (C=O) groups is 1. The molecule has 3 unspecified atom stereocenters. The molecule has 11 nitrogen and oxygen atoms in total. The number of nitrogens with one attached hydrogen (secondary N) is 1. The summed E-state index contributed by atoms with van der Waals surface area (Å²) in [5, 5.41) is 23.1. The van der Waals surface area contributed by atoms with Crippen molar-refractivity contribution in [3.8, 4) is 0 Å². The average Bonchev–Trinajstić information content (AvgIpc) is 2.82. The monoisotopic (exact) mass is 461 g/mol. The van der Waals surface area contributed by atoms with Gasteiger partial charge in [0.25, 0.3) is 5.56 Å². The summed E-state index contributed by atoms with van der Waals surface area (Å²) in [6.07, 6.45) is -2.04. The van der Waals surface area contributed by atoms with Crippen LogP contribution in [0, 0.1) is 0 Å². The molecule has 0 aromatic carbocycles. The molecule has 0 bridgehead atoms. The summed E-state index contributed by atoms with van der Waals surface area (Å²) < 4.78 is 13.5. The topological polar surface area (TPSA) is 141 Å². The third-order valence-corrected chi connectivity index (χ3v) is 5.73. The predicted octanol–water partition coefficient (Wildman–Crippen LogP) is -0.267. The Labute approximate surface area is 162 Å². The van der Waals surface area contributed by atoms with E-state index in [1.807, 2.05) is 0 Å². The summed E-state index contributed by atoms with van der Waals surface area (Å²) in [4.78, 5) is 33.2. The van der Waals surface area contributed by atoms with Crippen molar-refractivity contribution in [2.45, 2.75) is 44.2 Å². The maximum absolute atomic E-state index is 12.8. The average molecular weight is 462 g/mol. The molecule has 1 amide bonds. The van der Waals surface area contributed by atoms with E-state index < -0.39 is 18.3 Å². The normalized spacial score (nSPS) is 25.2. The molecule has 4 atom stereocenters. The molecule has 0 spiro atoms. The number of hydrogen-bond donors (Lipinski definition) is 3. The maximum atomic E-state index is 12.8. The molecule has 4 heterocycles. The van der Waals surface area contributed by atoms with Gasteiger partial charge < -0.3 is 23.8 Å². The molecule has 146 valence electrons. The van der Waals surface area contributed by atoms with E-state index in [0.717, 1.165) is 0 Å². The van der Waals surface area contributed by atoms with E-state index in [9.17, 15) is 19.8 Å². The van der Waals surface area contributed by atoms with Gasteiger partial charge >= 0.3 is 0 Å². The number of carbonyl (C=O) groups excluding carboxylic acids is 1. The van der Waals surface area contributed by atoms with Crippen LogP contribution in [0.5, 0.6) is 0 Å². The van der Waals surface area contributed by atoms with Gasteiger partial charge in [0.2, 0.25) is 11.9 Å². The molecule has 0 aliphatic carbocycles. The first kappa shape index (κ1) is 18.9. The Balaban J connectivity index is 1.73. The first-order valence-corrected chi connectivity index (χ1v) is 9.91. The second-order valence-corrected chi connectivity index (χ2v) is 7.72. The number of hydrogen-bond acceptors (Lipinski definition) is 8. The van der Waals surface area contributed by atoms with Crippen molar-refractivity contribution in [2.24, 2.45) is 0 Å². The van der Waals surface area contributed by atoms with Crippen molar-refractivity contribution in [1.29, 1.82) is 0 Å². The van der Waals surface area contributed by atoms with Gasteiger partial charge in [-0.15, -0.1) is 0 Å². The summed E-state index contributed by atoms with van der Waals surface area (Å²) in [7, 11) is -0.267. The second-order valence-electron chi connectivity index (χ2n) is 6.32. The fourth-order valence-electron chi connectivity index (χ4n) is 3.12. The lowest BCUT2D eigenvalue weighted by atomic mass is 10.1. The maximum Gasteiger partial charge on any atom is 0.283 e. The Kier molecular flexibility index (Phi) is 5.28. The predicted molar refractivity (Wildman–Crippen MR) is 98.5 cm³/mol. The fourth-order valence-corrected chi connectivity index (χ4v) is 4.34. The number of nitrogens with zero attached hydrogens (tertiary/aromatic N) is 4. The van der Waals surface area contributed by atoms with Crippen LogP contribution in [-0.2, 0) is 26.9 Å². The van der Waals surface area contributed by atoms with Crippen LogP contribution in [0.2, 0.25) is 0 Å². The van der Waals surface area contributed by atoms with E-state index in [2.05, 4.69) is 31.2 Å². The van der Waals surface area contributed by atoms with Crippen molar-refractivity contribution in [3.05, 3.63) is 15.1 Å². The summed E-state index contributed by atoms with van der Waals surface area (Å²) in [6.45, 7) is 0.421. The van der Waals surface area contributed by atoms with Crippen molar-refractivity contribution in [3.63, 3.8) is 0 Å². The molecule has 2 aromatic rings. The highest BCUT2D eigenvalue weighted by molar-refractivity contribution is 9.10. The number of fused-ring (bicyclic) bond motifs is 2. The number of imidazole rings is 1. The van der Waals surface area contributed by atoms with Crippen LogP contribution in [0.15, 0.2) is 9.53 Å². The summed E-state index contributed by atoms with van der Waals surface area (Å²) >= 11 is 3.29. The van der Waals surface area contributed by atoms with E-state index in [-0.39, 0.29) is 50.8 Å². The Morgan fingerprint density at radius 2 is 2.22 bits per heavy atom. The Bertz CT molecular complexity index is 948. The molecule has 3 N–H and O–H groups in total. The third-order valence-electron chi connectivity index (χ3n) is 4.47. The molecule has 2 aliphatic heterocycles. The smallest absolute Gasteiger partial charge is 0.283 e. The molecule has 0 saturated carbocycles. The lowest BCUT2D eigenvalue weighted by Gasteiger charge is -2.31. The molecule has 1 fully saturated rings. The molecule has 2 aromatic heterocycles. The Hall–Kier alpha value is -1.43. The van der Waals surface area contributed by atoms with Crippen molar-refractivity contribution in [2.75, 3.05) is 11.9 Å². The zero-order valence-corrected chi connectivity index (χ0v) is 16.5. The van der Waals surface area contributed by atoms with Gasteiger partial charge in [-0.1, -0.05) is 0 Å². The van der Waals surface area contributed by atoms with Gasteiger partial charge in [-0.25, -0.2) is 4.98 Å². The molecule has 13 heteroatoms. The lowest BCUT2D eigenvalue weighted by Crippen LogP contribution is -2.44. The van der Waals surface area contributed by atoms with Crippen molar-refractivity contribution >= 4 is 48.0 Å². The standard InChI is InChI=1S/C14H17BrN5O6P/c15-13-17-9-11(18-14-16-8(23)2-1-3-19(14)12(9)24)20(13)4-6(21)10-7(22)5-25-27-26-10/h6-7,10,21-22,27H,1-5H2,(H,16,18,23)/t6-,7?,10?/m1/s1. The number of rotatable bonds is 3. The molecular formula is C14H17BrN5O6P. The van der Waals surface area contributed by atoms with Crippen LogP contribution in [0.1, 0.15) is 12.8 Å².